The molecule has 1 saturated carbocycles. The van der Waals surface area contributed by atoms with Crippen molar-refractivity contribution in [2.45, 2.75) is 63.6 Å². The average Bonchev–Trinajstić information content (AvgIpc) is 2.39. The standard InChI is InChI=1S/C14H24O2/c15-13(11-7-3-1-4-8-11)14(16)12-9-5-2-6-10-12/h1,3,11-16H,2,4-10H2. The van der Waals surface area contributed by atoms with E-state index >= 15 is 0 Å². The molecule has 0 heterocycles. The summed E-state index contributed by atoms with van der Waals surface area (Å²) in [5.74, 6) is 0.622. The molecule has 2 N–H and O–H groups in total. The lowest BCUT2D eigenvalue weighted by molar-refractivity contribution is -0.0569. The van der Waals surface area contributed by atoms with E-state index in [0.717, 1.165) is 32.1 Å². The molecule has 2 nitrogen and oxygen atoms in total. The molecule has 3 atom stereocenters. The van der Waals surface area contributed by atoms with Crippen LogP contribution in [0.25, 0.3) is 0 Å². The van der Waals surface area contributed by atoms with Gasteiger partial charge in [0.1, 0.15) is 0 Å². The van der Waals surface area contributed by atoms with Gasteiger partial charge in [0.05, 0.1) is 12.2 Å². The normalized spacial score (nSPS) is 31.2. The Bertz CT molecular complexity index is 231. The molecule has 0 aliphatic heterocycles. The molecule has 2 aliphatic rings. The third kappa shape index (κ3) is 2.86. The van der Waals surface area contributed by atoms with E-state index in [1.807, 2.05) is 0 Å². The van der Waals surface area contributed by atoms with Crippen molar-refractivity contribution in [3.05, 3.63) is 12.2 Å². The third-order valence-corrected chi connectivity index (χ3v) is 4.28. The second-order valence-corrected chi connectivity index (χ2v) is 5.42. The minimum Gasteiger partial charge on any atom is -0.390 e. The quantitative estimate of drug-likeness (QED) is 0.724. The van der Waals surface area contributed by atoms with Crippen molar-refractivity contribution in [1.29, 1.82) is 0 Å². The highest BCUT2D eigenvalue weighted by Gasteiger charge is 2.32. The maximum Gasteiger partial charge on any atom is 0.0832 e. The molecule has 1 fully saturated rings. The van der Waals surface area contributed by atoms with Crippen LogP contribution >= 0.6 is 0 Å². The first-order valence-electron chi connectivity index (χ1n) is 6.80. The van der Waals surface area contributed by atoms with Gasteiger partial charge >= 0.3 is 0 Å². The molecule has 0 aromatic carbocycles. The molecule has 92 valence electrons. The van der Waals surface area contributed by atoms with Crippen molar-refractivity contribution in [2.24, 2.45) is 11.8 Å². The maximum atomic E-state index is 10.2. The van der Waals surface area contributed by atoms with Crippen LogP contribution in [0.4, 0.5) is 0 Å². The van der Waals surface area contributed by atoms with E-state index < -0.39 is 12.2 Å². The SMILES string of the molecule is OC(C1CC=CCC1)C(O)C1CCCCC1. The van der Waals surface area contributed by atoms with Gasteiger partial charge in [-0.25, -0.2) is 0 Å². The molecule has 16 heavy (non-hydrogen) atoms. The van der Waals surface area contributed by atoms with Crippen LogP contribution in [0.5, 0.6) is 0 Å². The predicted octanol–water partition coefficient (Wildman–Crippen LogP) is 2.64. The minimum absolute atomic E-state index is 0.280. The van der Waals surface area contributed by atoms with Gasteiger partial charge in [-0.05, 0) is 43.9 Å². The van der Waals surface area contributed by atoms with Gasteiger partial charge in [0.2, 0.25) is 0 Å². The number of allylic oxidation sites excluding steroid dienone is 2. The van der Waals surface area contributed by atoms with Crippen molar-refractivity contribution in [3.8, 4) is 0 Å². The van der Waals surface area contributed by atoms with Crippen LogP contribution in [0.15, 0.2) is 12.2 Å². The first kappa shape index (κ1) is 12.1. The summed E-state index contributed by atoms with van der Waals surface area (Å²) in [6.45, 7) is 0. The zero-order chi connectivity index (χ0) is 11.4. The fourth-order valence-corrected chi connectivity index (χ4v) is 3.16. The van der Waals surface area contributed by atoms with Crippen LogP contribution < -0.4 is 0 Å². The number of rotatable bonds is 3. The molecule has 2 rings (SSSR count). The van der Waals surface area contributed by atoms with Crippen LogP contribution in [0, 0.1) is 11.8 Å². The van der Waals surface area contributed by atoms with Crippen LogP contribution in [0.2, 0.25) is 0 Å². The highest BCUT2D eigenvalue weighted by atomic mass is 16.3. The van der Waals surface area contributed by atoms with Gasteiger partial charge in [0.25, 0.3) is 0 Å². The molecule has 3 unspecified atom stereocenters. The first-order chi connectivity index (χ1) is 7.79. The van der Waals surface area contributed by atoms with E-state index in [1.165, 1.54) is 19.3 Å². The van der Waals surface area contributed by atoms with E-state index in [0.29, 0.717) is 5.92 Å². The molecule has 0 saturated heterocycles. The van der Waals surface area contributed by atoms with E-state index in [2.05, 4.69) is 12.2 Å². The lowest BCUT2D eigenvalue weighted by Gasteiger charge is -2.34. The zero-order valence-corrected chi connectivity index (χ0v) is 10.0. The molecule has 0 amide bonds. The smallest absolute Gasteiger partial charge is 0.0832 e. The van der Waals surface area contributed by atoms with Crippen molar-refractivity contribution >= 4 is 0 Å². The maximum absolute atomic E-state index is 10.2. The van der Waals surface area contributed by atoms with Crippen molar-refractivity contribution in [2.75, 3.05) is 0 Å². The Balaban J connectivity index is 1.86. The number of aliphatic hydroxyl groups excluding tert-OH is 2. The fourth-order valence-electron chi connectivity index (χ4n) is 3.16. The summed E-state index contributed by atoms with van der Waals surface area (Å²) in [4.78, 5) is 0. The monoisotopic (exact) mass is 224 g/mol. The summed E-state index contributed by atoms with van der Waals surface area (Å²) >= 11 is 0. The van der Waals surface area contributed by atoms with Gasteiger partial charge in [-0.3, -0.25) is 0 Å². The Kier molecular flexibility index (Phi) is 4.42. The topological polar surface area (TPSA) is 40.5 Å². The van der Waals surface area contributed by atoms with Crippen LogP contribution in [-0.2, 0) is 0 Å². The van der Waals surface area contributed by atoms with Crippen LogP contribution in [0.1, 0.15) is 51.4 Å². The Morgan fingerprint density at radius 1 is 0.812 bits per heavy atom. The Morgan fingerprint density at radius 2 is 1.50 bits per heavy atom. The van der Waals surface area contributed by atoms with Gasteiger partial charge in [-0.15, -0.1) is 0 Å². The van der Waals surface area contributed by atoms with Crippen molar-refractivity contribution in [1.82, 2.24) is 0 Å². The number of hydrogen-bond donors (Lipinski definition) is 2. The Hall–Kier alpha value is -0.340. The molecular weight excluding hydrogens is 200 g/mol. The van der Waals surface area contributed by atoms with Gasteiger partial charge in [-0.2, -0.15) is 0 Å². The minimum atomic E-state index is -0.506. The highest BCUT2D eigenvalue weighted by molar-refractivity contribution is 4.94. The molecule has 2 aliphatic carbocycles. The summed E-state index contributed by atoms with van der Waals surface area (Å²) in [5.41, 5.74) is 0. The summed E-state index contributed by atoms with van der Waals surface area (Å²) in [6.07, 6.45) is 12.3. The molecular formula is C14H24O2. The number of aliphatic hydroxyl groups is 2. The lowest BCUT2D eigenvalue weighted by atomic mass is 9.78. The zero-order valence-electron chi connectivity index (χ0n) is 10.0. The van der Waals surface area contributed by atoms with Gasteiger partial charge in [-0.1, -0.05) is 31.4 Å². The Morgan fingerprint density at radius 3 is 2.12 bits per heavy atom. The van der Waals surface area contributed by atoms with Gasteiger partial charge < -0.3 is 10.2 Å². The summed E-state index contributed by atoms with van der Waals surface area (Å²) in [6, 6.07) is 0. The van der Waals surface area contributed by atoms with Crippen molar-refractivity contribution < 1.29 is 10.2 Å². The predicted molar refractivity (Wildman–Crippen MR) is 65.1 cm³/mol. The van der Waals surface area contributed by atoms with E-state index in [1.54, 1.807) is 0 Å². The molecule has 2 heteroatoms. The molecule has 0 bridgehead atoms. The molecule has 0 spiro atoms. The summed E-state index contributed by atoms with van der Waals surface area (Å²) in [7, 11) is 0. The summed E-state index contributed by atoms with van der Waals surface area (Å²) < 4.78 is 0. The first-order valence-corrected chi connectivity index (χ1v) is 6.80. The number of hydrogen-bond acceptors (Lipinski definition) is 2. The highest BCUT2D eigenvalue weighted by Crippen LogP contribution is 2.32. The molecule has 0 aromatic rings. The van der Waals surface area contributed by atoms with Gasteiger partial charge in [0, 0.05) is 0 Å². The second-order valence-electron chi connectivity index (χ2n) is 5.42. The molecule has 0 radical (unpaired) electrons. The fraction of sp³-hybridized carbons (Fsp3) is 0.857. The van der Waals surface area contributed by atoms with Crippen LogP contribution in [0.3, 0.4) is 0 Å². The lowest BCUT2D eigenvalue weighted by Crippen LogP contribution is -2.39. The second kappa shape index (κ2) is 5.83. The van der Waals surface area contributed by atoms with E-state index in [-0.39, 0.29) is 5.92 Å². The van der Waals surface area contributed by atoms with E-state index in [4.69, 9.17) is 0 Å². The average molecular weight is 224 g/mol. The van der Waals surface area contributed by atoms with Gasteiger partial charge in [0.15, 0.2) is 0 Å². The molecule has 0 aromatic heterocycles. The largest absolute Gasteiger partial charge is 0.390 e. The summed E-state index contributed by atoms with van der Waals surface area (Å²) in [5, 5.41) is 20.4. The van der Waals surface area contributed by atoms with Crippen molar-refractivity contribution in [3.63, 3.8) is 0 Å². The third-order valence-electron chi connectivity index (χ3n) is 4.28. The van der Waals surface area contributed by atoms with E-state index in [9.17, 15) is 10.2 Å². The van der Waals surface area contributed by atoms with Crippen LogP contribution in [-0.4, -0.2) is 22.4 Å². The Labute approximate surface area is 98.4 Å².